The largest absolute Gasteiger partial charge is 0.376 e. The Hall–Kier alpha value is -1.80. The Morgan fingerprint density at radius 1 is 1.25 bits per heavy atom. The van der Waals surface area contributed by atoms with Crippen molar-refractivity contribution in [3.8, 4) is 0 Å². The first-order valence-electron chi connectivity index (χ1n) is 7.01. The Bertz CT molecular complexity index is 823. The number of anilines is 2. The summed E-state index contributed by atoms with van der Waals surface area (Å²) in [6.07, 6.45) is 0.591. The molecule has 0 atom stereocenters. The number of thiophene rings is 1. The zero-order chi connectivity index (χ0) is 17.3. The minimum atomic E-state index is -0.578. The summed E-state index contributed by atoms with van der Waals surface area (Å²) in [4.78, 5) is 24.9. The second-order valence-electron chi connectivity index (χ2n) is 5.06. The number of ether oxygens (including phenoxy) is 1. The summed E-state index contributed by atoms with van der Waals surface area (Å²) in [5.74, 6) is -0.578. The molecule has 1 aliphatic heterocycles. The Labute approximate surface area is 151 Å². The highest BCUT2D eigenvalue weighted by Crippen LogP contribution is 2.36. The normalized spacial score (nSPS) is 13.2. The SMILES string of the molecule is NC(=O)c1c(NC(=O)Nc2cccc(Cl)c2Cl)sc2c1CCOC2. The van der Waals surface area contributed by atoms with Crippen molar-refractivity contribution in [3.63, 3.8) is 0 Å². The van der Waals surface area contributed by atoms with Crippen molar-refractivity contribution in [2.75, 3.05) is 17.2 Å². The van der Waals surface area contributed by atoms with Crippen LogP contribution in [0.15, 0.2) is 18.2 Å². The molecule has 0 aliphatic carbocycles. The molecule has 9 heteroatoms. The molecule has 0 fully saturated rings. The number of nitrogens with two attached hydrogens (primary N) is 1. The predicted molar refractivity (Wildman–Crippen MR) is 95.3 cm³/mol. The van der Waals surface area contributed by atoms with E-state index in [0.29, 0.717) is 40.9 Å². The third-order valence-electron chi connectivity index (χ3n) is 3.49. The van der Waals surface area contributed by atoms with Crippen LogP contribution < -0.4 is 16.4 Å². The molecule has 3 amide bonds. The van der Waals surface area contributed by atoms with E-state index in [1.54, 1.807) is 18.2 Å². The van der Waals surface area contributed by atoms with Crippen LogP contribution in [0, 0.1) is 0 Å². The fourth-order valence-electron chi connectivity index (χ4n) is 2.44. The zero-order valence-electron chi connectivity index (χ0n) is 12.3. The van der Waals surface area contributed by atoms with Gasteiger partial charge in [0.05, 0.1) is 34.5 Å². The highest BCUT2D eigenvalue weighted by molar-refractivity contribution is 7.17. The van der Waals surface area contributed by atoms with Crippen molar-refractivity contribution in [1.82, 2.24) is 0 Å². The molecule has 0 radical (unpaired) electrons. The topological polar surface area (TPSA) is 93.5 Å². The van der Waals surface area contributed by atoms with Gasteiger partial charge in [0.25, 0.3) is 5.91 Å². The Morgan fingerprint density at radius 2 is 2.04 bits per heavy atom. The molecule has 0 spiro atoms. The molecular formula is C15H13Cl2N3O3S. The molecule has 2 heterocycles. The van der Waals surface area contributed by atoms with Crippen molar-refractivity contribution < 1.29 is 14.3 Å². The number of nitrogens with one attached hydrogen (secondary N) is 2. The van der Waals surface area contributed by atoms with Gasteiger partial charge in [-0.05, 0) is 24.1 Å². The van der Waals surface area contributed by atoms with Crippen molar-refractivity contribution in [1.29, 1.82) is 0 Å². The van der Waals surface area contributed by atoms with Crippen LogP contribution in [0.1, 0.15) is 20.8 Å². The number of primary amides is 1. The van der Waals surface area contributed by atoms with E-state index in [2.05, 4.69) is 10.6 Å². The lowest BCUT2D eigenvalue weighted by molar-refractivity contribution is 0.0991. The molecule has 3 rings (SSSR count). The summed E-state index contributed by atoms with van der Waals surface area (Å²) >= 11 is 13.2. The van der Waals surface area contributed by atoms with E-state index < -0.39 is 11.9 Å². The number of urea groups is 1. The van der Waals surface area contributed by atoms with E-state index in [1.165, 1.54) is 11.3 Å². The third-order valence-corrected chi connectivity index (χ3v) is 5.43. The van der Waals surface area contributed by atoms with Crippen LogP contribution in [-0.4, -0.2) is 18.5 Å². The van der Waals surface area contributed by atoms with Gasteiger partial charge in [-0.15, -0.1) is 11.3 Å². The first kappa shape index (κ1) is 17.0. The Morgan fingerprint density at radius 3 is 2.79 bits per heavy atom. The molecule has 0 saturated heterocycles. The Kier molecular flexibility index (Phi) is 4.96. The number of carbonyl (C=O) groups excluding carboxylic acids is 2. The number of fused-ring (bicyclic) bond motifs is 1. The van der Waals surface area contributed by atoms with E-state index in [1.807, 2.05) is 0 Å². The molecule has 24 heavy (non-hydrogen) atoms. The van der Waals surface area contributed by atoms with Gasteiger partial charge in [-0.25, -0.2) is 4.79 Å². The lowest BCUT2D eigenvalue weighted by Crippen LogP contribution is -2.22. The van der Waals surface area contributed by atoms with E-state index >= 15 is 0 Å². The highest BCUT2D eigenvalue weighted by atomic mass is 35.5. The molecule has 0 unspecified atom stereocenters. The second kappa shape index (κ2) is 6.98. The first-order chi connectivity index (χ1) is 11.5. The Balaban J connectivity index is 1.83. The summed E-state index contributed by atoms with van der Waals surface area (Å²) in [7, 11) is 0. The number of amides is 3. The maximum atomic E-state index is 12.2. The lowest BCUT2D eigenvalue weighted by atomic mass is 10.1. The number of benzene rings is 1. The minimum absolute atomic E-state index is 0.239. The van der Waals surface area contributed by atoms with Crippen molar-refractivity contribution in [3.05, 3.63) is 44.2 Å². The van der Waals surface area contributed by atoms with Gasteiger partial charge in [0.2, 0.25) is 0 Å². The summed E-state index contributed by atoms with van der Waals surface area (Å²) < 4.78 is 5.37. The van der Waals surface area contributed by atoms with Gasteiger partial charge in [0.15, 0.2) is 0 Å². The predicted octanol–water partition coefficient (Wildman–Crippen LogP) is 3.87. The molecule has 2 aromatic rings. The van der Waals surface area contributed by atoms with Gasteiger partial charge < -0.3 is 15.8 Å². The zero-order valence-corrected chi connectivity index (χ0v) is 14.6. The molecule has 6 nitrogen and oxygen atoms in total. The van der Waals surface area contributed by atoms with Crippen LogP contribution in [0.4, 0.5) is 15.5 Å². The maximum Gasteiger partial charge on any atom is 0.324 e. The van der Waals surface area contributed by atoms with Gasteiger partial charge in [0.1, 0.15) is 5.00 Å². The average molecular weight is 386 g/mol. The quantitative estimate of drug-likeness (QED) is 0.748. The van der Waals surface area contributed by atoms with Crippen molar-refractivity contribution in [2.24, 2.45) is 5.73 Å². The van der Waals surface area contributed by atoms with E-state index in [4.69, 9.17) is 33.7 Å². The fourth-order valence-corrected chi connectivity index (χ4v) is 3.97. The van der Waals surface area contributed by atoms with Crippen LogP contribution in [0.5, 0.6) is 0 Å². The number of hydrogen-bond acceptors (Lipinski definition) is 4. The van der Waals surface area contributed by atoms with Gasteiger partial charge in [-0.3, -0.25) is 10.1 Å². The number of halogens is 2. The molecule has 0 bridgehead atoms. The summed E-state index contributed by atoms with van der Waals surface area (Å²) in [6, 6.07) is 4.36. The molecule has 0 saturated carbocycles. The van der Waals surface area contributed by atoms with Crippen LogP contribution in [0.25, 0.3) is 0 Å². The summed E-state index contributed by atoms with van der Waals surface area (Å²) in [5, 5.41) is 6.22. The third kappa shape index (κ3) is 3.34. The van der Waals surface area contributed by atoms with Crippen LogP contribution in [-0.2, 0) is 17.8 Å². The van der Waals surface area contributed by atoms with Gasteiger partial charge in [-0.1, -0.05) is 29.3 Å². The maximum absolute atomic E-state index is 12.2. The molecule has 4 N–H and O–H groups in total. The monoisotopic (exact) mass is 385 g/mol. The average Bonchev–Trinajstić information content (AvgIpc) is 2.89. The number of rotatable bonds is 3. The first-order valence-corrected chi connectivity index (χ1v) is 8.58. The van der Waals surface area contributed by atoms with Gasteiger partial charge >= 0.3 is 6.03 Å². The summed E-state index contributed by atoms with van der Waals surface area (Å²) in [5.41, 5.74) is 7.02. The highest BCUT2D eigenvalue weighted by Gasteiger charge is 2.25. The van der Waals surface area contributed by atoms with Crippen molar-refractivity contribution >= 4 is 57.2 Å². The molecule has 1 aromatic heterocycles. The van der Waals surface area contributed by atoms with Crippen LogP contribution >= 0.6 is 34.5 Å². The van der Waals surface area contributed by atoms with Gasteiger partial charge in [-0.2, -0.15) is 0 Å². The van der Waals surface area contributed by atoms with Crippen molar-refractivity contribution in [2.45, 2.75) is 13.0 Å². The minimum Gasteiger partial charge on any atom is -0.376 e. The molecule has 126 valence electrons. The number of carbonyl (C=O) groups is 2. The number of hydrogen-bond donors (Lipinski definition) is 3. The van der Waals surface area contributed by atoms with E-state index in [0.717, 1.165) is 10.4 Å². The lowest BCUT2D eigenvalue weighted by Gasteiger charge is -2.12. The second-order valence-corrected chi connectivity index (χ2v) is 6.95. The molecule has 1 aromatic carbocycles. The van der Waals surface area contributed by atoms with Gasteiger partial charge in [0, 0.05) is 4.88 Å². The smallest absolute Gasteiger partial charge is 0.324 e. The molecular weight excluding hydrogens is 373 g/mol. The van der Waals surface area contributed by atoms with Crippen LogP contribution in [0.3, 0.4) is 0 Å². The van der Waals surface area contributed by atoms with Crippen LogP contribution in [0.2, 0.25) is 10.0 Å². The standard InChI is InChI=1S/C15H13Cl2N3O3S/c16-8-2-1-3-9(12(8)17)19-15(22)20-14-11(13(18)21)7-4-5-23-6-10(7)24-14/h1-3H,4-6H2,(H2,18,21)(H2,19,20,22). The fraction of sp³-hybridized carbons (Fsp3) is 0.200. The molecule has 1 aliphatic rings. The summed E-state index contributed by atoms with van der Waals surface area (Å²) in [6.45, 7) is 0.928. The van der Waals surface area contributed by atoms with E-state index in [-0.39, 0.29) is 5.02 Å². The van der Waals surface area contributed by atoms with E-state index in [9.17, 15) is 9.59 Å².